The van der Waals surface area contributed by atoms with E-state index in [1.807, 2.05) is 19.9 Å². The van der Waals surface area contributed by atoms with E-state index in [1.54, 1.807) is 24.3 Å². The molecular weight excluding hydrogens is 520 g/mol. The van der Waals surface area contributed by atoms with Gasteiger partial charge in [-0.15, -0.1) is 0 Å². The minimum absolute atomic E-state index is 0.243. The molecule has 0 N–H and O–H groups in total. The van der Waals surface area contributed by atoms with Crippen molar-refractivity contribution in [3.63, 3.8) is 0 Å². The van der Waals surface area contributed by atoms with Crippen LogP contribution < -0.4 is 9.47 Å². The zero-order valence-electron chi connectivity index (χ0n) is 16.6. The number of imide groups is 1. The molecule has 1 fully saturated rings. The molecule has 1 aliphatic heterocycles. The second-order valence-corrected chi connectivity index (χ2v) is 8.67. The van der Waals surface area contributed by atoms with Crippen LogP contribution in [0.5, 0.6) is 11.5 Å². The van der Waals surface area contributed by atoms with Crippen LogP contribution in [-0.2, 0) is 11.4 Å². The van der Waals surface area contributed by atoms with Crippen LogP contribution in [-0.4, -0.2) is 29.2 Å². The molecule has 8 heteroatoms. The van der Waals surface area contributed by atoms with Crippen molar-refractivity contribution in [3.05, 3.63) is 61.8 Å². The van der Waals surface area contributed by atoms with Gasteiger partial charge < -0.3 is 9.47 Å². The van der Waals surface area contributed by atoms with Gasteiger partial charge in [0.2, 0.25) is 0 Å². The van der Waals surface area contributed by atoms with Gasteiger partial charge in [0.15, 0.2) is 11.5 Å². The average Bonchev–Trinajstić information content (AvgIpc) is 2.97. The van der Waals surface area contributed by atoms with Crippen LogP contribution in [0.15, 0.2) is 41.3 Å². The lowest BCUT2D eigenvalue weighted by molar-refractivity contribution is -0.122. The fraction of sp³-hybridized carbons (Fsp3) is 0.273. The number of rotatable bonds is 8. The minimum atomic E-state index is -0.295. The van der Waals surface area contributed by atoms with Crippen LogP contribution in [0.3, 0.4) is 0 Å². The summed E-state index contributed by atoms with van der Waals surface area (Å²) in [5.74, 6) is 0.566. The van der Waals surface area contributed by atoms with Crippen molar-refractivity contribution >= 4 is 51.6 Å². The Kier molecular flexibility index (Phi) is 7.76. The second-order valence-electron chi connectivity index (χ2n) is 6.51. The predicted octanol–water partition coefficient (Wildman–Crippen LogP) is 5.85. The van der Waals surface area contributed by atoms with E-state index in [0.717, 1.165) is 32.9 Å². The minimum Gasteiger partial charge on any atom is -0.490 e. The normalized spacial score (nSPS) is 15.2. The van der Waals surface area contributed by atoms with E-state index in [4.69, 9.17) is 9.47 Å². The Bertz CT molecular complexity index is 978. The zero-order chi connectivity index (χ0) is 21.7. The van der Waals surface area contributed by atoms with E-state index in [1.165, 1.54) is 17.0 Å². The summed E-state index contributed by atoms with van der Waals surface area (Å²) in [6.07, 6.45) is 2.42. The third-order valence-corrected chi connectivity index (χ3v) is 5.96. The number of amides is 2. The standard InChI is InChI=1S/C22H21FINO4S/c1-3-9-25-21(26)19(30-22(25)27)12-15-10-17(24)20(18(11-15)28-4-2)29-13-14-5-7-16(23)8-6-14/h5-8,10-12H,3-4,9,13H2,1-2H3/b19-12+. The topological polar surface area (TPSA) is 55.8 Å². The Morgan fingerprint density at radius 1 is 1.13 bits per heavy atom. The van der Waals surface area contributed by atoms with Crippen LogP contribution in [0.2, 0.25) is 0 Å². The molecule has 158 valence electrons. The first-order chi connectivity index (χ1) is 14.4. The van der Waals surface area contributed by atoms with Gasteiger partial charge in [0.25, 0.3) is 11.1 Å². The first-order valence-electron chi connectivity index (χ1n) is 9.51. The summed E-state index contributed by atoms with van der Waals surface area (Å²) in [5, 5.41) is -0.243. The lowest BCUT2D eigenvalue weighted by Crippen LogP contribution is -2.28. The van der Waals surface area contributed by atoms with Crippen molar-refractivity contribution in [2.45, 2.75) is 26.9 Å². The van der Waals surface area contributed by atoms with Crippen LogP contribution in [0.1, 0.15) is 31.4 Å². The fourth-order valence-electron chi connectivity index (χ4n) is 2.88. The summed E-state index contributed by atoms with van der Waals surface area (Å²) in [4.78, 5) is 26.2. The molecule has 0 unspecified atom stereocenters. The maximum atomic E-state index is 13.1. The quantitative estimate of drug-likeness (QED) is 0.310. The van der Waals surface area contributed by atoms with Gasteiger partial charge in [-0.1, -0.05) is 19.1 Å². The molecule has 0 spiro atoms. The molecule has 0 aliphatic carbocycles. The Labute approximate surface area is 192 Å². The highest BCUT2D eigenvalue weighted by atomic mass is 127. The van der Waals surface area contributed by atoms with Crippen LogP contribution >= 0.6 is 34.4 Å². The van der Waals surface area contributed by atoms with Gasteiger partial charge in [0, 0.05) is 6.54 Å². The molecule has 5 nitrogen and oxygen atoms in total. The largest absolute Gasteiger partial charge is 0.490 e. The van der Waals surface area contributed by atoms with E-state index < -0.39 is 0 Å². The molecule has 3 rings (SSSR count). The highest BCUT2D eigenvalue weighted by Gasteiger charge is 2.34. The van der Waals surface area contributed by atoms with Crippen molar-refractivity contribution in [1.82, 2.24) is 4.90 Å². The smallest absolute Gasteiger partial charge is 0.293 e. The maximum absolute atomic E-state index is 13.1. The number of hydrogen-bond donors (Lipinski definition) is 0. The number of halogens is 2. The first kappa shape index (κ1) is 22.6. The maximum Gasteiger partial charge on any atom is 0.293 e. The molecule has 1 aliphatic rings. The van der Waals surface area contributed by atoms with Gasteiger partial charge in [0.05, 0.1) is 15.1 Å². The molecule has 2 amide bonds. The van der Waals surface area contributed by atoms with E-state index in [0.29, 0.717) is 29.6 Å². The van der Waals surface area contributed by atoms with Gasteiger partial charge >= 0.3 is 0 Å². The zero-order valence-corrected chi connectivity index (χ0v) is 19.6. The number of nitrogens with zero attached hydrogens (tertiary/aromatic N) is 1. The number of thioether (sulfide) groups is 1. The lowest BCUT2D eigenvalue weighted by Gasteiger charge is -2.15. The van der Waals surface area contributed by atoms with E-state index in [2.05, 4.69) is 22.6 Å². The molecule has 2 aromatic rings. The summed E-state index contributed by atoms with van der Waals surface area (Å²) in [5.41, 5.74) is 1.59. The highest BCUT2D eigenvalue weighted by Crippen LogP contribution is 2.38. The fourth-order valence-corrected chi connectivity index (χ4v) is 4.52. The monoisotopic (exact) mass is 541 g/mol. The van der Waals surface area contributed by atoms with Gasteiger partial charge in [-0.2, -0.15) is 0 Å². The first-order valence-corrected chi connectivity index (χ1v) is 11.4. The third kappa shape index (κ3) is 5.34. The summed E-state index contributed by atoms with van der Waals surface area (Å²) in [7, 11) is 0. The molecule has 0 radical (unpaired) electrons. The third-order valence-electron chi connectivity index (χ3n) is 4.25. The SMILES string of the molecule is CCCN1C(=O)S/C(=C/c2cc(I)c(OCc3ccc(F)cc3)c(OCC)c2)C1=O. The summed E-state index contributed by atoms with van der Waals surface area (Å²) in [6, 6.07) is 9.78. The number of benzene rings is 2. The molecular formula is C22H21FINO4S. The molecule has 0 aromatic heterocycles. The molecule has 1 heterocycles. The summed E-state index contributed by atoms with van der Waals surface area (Å²) < 4.78 is 25.6. The molecule has 1 saturated heterocycles. The molecule has 0 saturated carbocycles. The molecule has 0 atom stereocenters. The predicted molar refractivity (Wildman–Crippen MR) is 124 cm³/mol. The van der Waals surface area contributed by atoms with Gasteiger partial charge in [0.1, 0.15) is 12.4 Å². The number of carbonyl (C=O) groups excluding carboxylic acids is 2. The van der Waals surface area contributed by atoms with Crippen molar-refractivity contribution in [2.75, 3.05) is 13.2 Å². The number of carbonyl (C=O) groups is 2. The Morgan fingerprint density at radius 2 is 1.87 bits per heavy atom. The van der Waals surface area contributed by atoms with Crippen molar-refractivity contribution < 1.29 is 23.5 Å². The molecule has 2 aromatic carbocycles. The van der Waals surface area contributed by atoms with E-state index in [-0.39, 0.29) is 23.6 Å². The van der Waals surface area contributed by atoms with E-state index >= 15 is 0 Å². The average molecular weight is 541 g/mol. The van der Waals surface area contributed by atoms with E-state index in [9.17, 15) is 14.0 Å². The van der Waals surface area contributed by atoms with Crippen LogP contribution in [0.25, 0.3) is 6.08 Å². The Balaban J connectivity index is 1.85. The highest BCUT2D eigenvalue weighted by molar-refractivity contribution is 14.1. The van der Waals surface area contributed by atoms with Gasteiger partial charge in [-0.05, 0) is 89.2 Å². The van der Waals surface area contributed by atoms with Crippen LogP contribution in [0.4, 0.5) is 9.18 Å². The Morgan fingerprint density at radius 3 is 2.53 bits per heavy atom. The van der Waals surface area contributed by atoms with Crippen molar-refractivity contribution in [1.29, 1.82) is 0 Å². The number of ether oxygens (including phenoxy) is 2. The van der Waals surface area contributed by atoms with Crippen molar-refractivity contribution in [3.8, 4) is 11.5 Å². The Hall–Kier alpha value is -2.07. The van der Waals surface area contributed by atoms with Gasteiger partial charge in [-0.3, -0.25) is 14.5 Å². The molecule has 30 heavy (non-hydrogen) atoms. The summed E-state index contributed by atoms with van der Waals surface area (Å²) >= 11 is 3.10. The van der Waals surface area contributed by atoms with Gasteiger partial charge in [-0.25, -0.2) is 4.39 Å². The molecule has 0 bridgehead atoms. The summed E-state index contributed by atoms with van der Waals surface area (Å²) in [6.45, 7) is 4.93. The number of hydrogen-bond acceptors (Lipinski definition) is 5. The second kappa shape index (κ2) is 10.3. The van der Waals surface area contributed by atoms with Crippen molar-refractivity contribution in [2.24, 2.45) is 0 Å². The lowest BCUT2D eigenvalue weighted by atomic mass is 10.1. The van der Waals surface area contributed by atoms with Crippen LogP contribution in [0, 0.1) is 9.39 Å².